The van der Waals surface area contributed by atoms with E-state index in [1.165, 1.54) is 25.7 Å². The van der Waals surface area contributed by atoms with Crippen molar-refractivity contribution in [3.8, 4) is 0 Å². The van der Waals surface area contributed by atoms with Gasteiger partial charge in [0.25, 0.3) is 0 Å². The van der Waals surface area contributed by atoms with E-state index in [0.29, 0.717) is 12.1 Å². The topological polar surface area (TPSA) is 41.1 Å². The first kappa shape index (κ1) is 15.5. The van der Waals surface area contributed by atoms with E-state index in [2.05, 4.69) is 31.4 Å². The van der Waals surface area contributed by atoms with Crippen molar-refractivity contribution in [3.63, 3.8) is 0 Å². The molecule has 106 valence electrons. The highest BCUT2D eigenvalue weighted by atomic mass is 16.2. The van der Waals surface area contributed by atoms with Gasteiger partial charge >= 0.3 is 0 Å². The van der Waals surface area contributed by atoms with Crippen molar-refractivity contribution < 1.29 is 4.79 Å². The average molecular weight is 254 g/mol. The Bertz CT molecular complexity index is 245. The van der Waals surface area contributed by atoms with Crippen LogP contribution in [0.1, 0.15) is 66.2 Å². The summed E-state index contributed by atoms with van der Waals surface area (Å²) in [6.45, 7) is 8.43. The SMILES string of the molecule is CCC(CC)NC(=O)C(C)NC(C)C1CCCC1. The van der Waals surface area contributed by atoms with Crippen LogP contribution in [-0.2, 0) is 4.79 Å². The Morgan fingerprint density at radius 3 is 2.22 bits per heavy atom. The number of carbonyl (C=O) groups is 1. The second-order valence-electron chi connectivity index (χ2n) is 5.74. The first-order valence-corrected chi connectivity index (χ1v) is 7.64. The fourth-order valence-electron chi connectivity index (χ4n) is 2.88. The zero-order valence-electron chi connectivity index (χ0n) is 12.5. The maximum atomic E-state index is 12.0. The van der Waals surface area contributed by atoms with Crippen LogP contribution >= 0.6 is 0 Å². The third-order valence-electron chi connectivity index (χ3n) is 4.35. The van der Waals surface area contributed by atoms with E-state index in [1.54, 1.807) is 0 Å². The van der Waals surface area contributed by atoms with Crippen molar-refractivity contribution >= 4 is 5.91 Å². The van der Waals surface area contributed by atoms with E-state index >= 15 is 0 Å². The maximum Gasteiger partial charge on any atom is 0.237 e. The summed E-state index contributed by atoms with van der Waals surface area (Å²) in [5.74, 6) is 0.905. The summed E-state index contributed by atoms with van der Waals surface area (Å²) in [6, 6.07) is 0.694. The fourth-order valence-corrected chi connectivity index (χ4v) is 2.88. The molecule has 2 unspecified atom stereocenters. The summed E-state index contributed by atoms with van der Waals surface area (Å²) in [4.78, 5) is 12.0. The molecule has 0 aliphatic heterocycles. The summed E-state index contributed by atoms with van der Waals surface area (Å²) >= 11 is 0. The molecule has 2 atom stereocenters. The van der Waals surface area contributed by atoms with Crippen LogP contribution in [0.15, 0.2) is 0 Å². The molecule has 0 spiro atoms. The monoisotopic (exact) mass is 254 g/mol. The minimum Gasteiger partial charge on any atom is -0.352 e. The van der Waals surface area contributed by atoms with Gasteiger partial charge < -0.3 is 10.6 Å². The predicted molar refractivity (Wildman–Crippen MR) is 76.5 cm³/mol. The summed E-state index contributed by atoms with van der Waals surface area (Å²) in [5, 5.41) is 6.57. The van der Waals surface area contributed by atoms with E-state index < -0.39 is 0 Å². The van der Waals surface area contributed by atoms with Crippen molar-refractivity contribution in [3.05, 3.63) is 0 Å². The summed E-state index contributed by atoms with van der Waals surface area (Å²) in [6.07, 6.45) is 7.35. The highest BCUT2D eigenvalue weighted by molar-refractivity contribution is 5.81. The van der Waals surface area contributed by atoms with Crippen molar-refractivity contribution in [1.82, 2.24) is 10.6 Å². The number of rotatable bonds is 7. The van der Waals surface area contributed by atoms with Gasteiger partial charge in [0.15, 0.2) is 0 Å². The number of hydrogen-bond donors (Lipinski definition) is 2. The van der Waals surface area contributed by atoms with Crippen molar-refractivity contribution in [2.45, 2.75) is 84.3 Å². The molecule has 3 heteroatoms. The molecule has 0 radical (unpaired) electrons. The zero-order chi connectivity index (χ0) is 13.5. The molecule has 0 aromatic carbocycles. The second kappa shape index (κ2) is 7.78. The molecule has 1 rings (SSSR count). The highest BCUT2D eigenvalue weighted by Crippen LogP contribution is 2.27. The minimum atomic E-state index is -0.0822. The molecule has 0 bridgehead atoms. The van der Waals surface area contributed by atoms with Gasteiger partial charge in [-0.05, 0) is 45.4 Å². The van der Waals surface area contributed by atoms with Gasteiger partial charge in [0.05, 0.1) is 6.04 Å². The Hall–Kier alpha value is -0.570. The molecule has 18 heavy (non-hydrogen) atoms. The Labute approximate surface area is 112 Å². The van der Waals surface area contributed by atoms with Crippen LogP contribution in [0.2, 0.25) is 0 Å². The molecule has 0 saturated heterocycles. The Morgan fingerprint density at radius 1 is 1.17 bits per heavy atom. The quantitative estimate of drug-likeness (QED) is 0.733. The molecule has 2 N–H and O–H groups in total. The average Bonchev–Trinajstić information content (AvgIpc) is 2.89. The van der Waals surface area contributed by atoms with Gasteiger partial charge in [-0.3, -0.25) is 4.79 Å². The largest absolute Gasteiger partial charge is 0.352 e. The van der Waals surface area contributed by atoms with Crippen molar-refractivity contribution in [2.24, 2.45) is 5.92 Å². The van der Waals surface area contributed by atoms with Crippen LogP contribution in [-0.4, -0.2) is 24.0 Å². The Balaban J connectivity index is 2.34. The van der Waals surface area contributed by atoms with E-state index in [9.17, 15) is 4.79 Å². The molecule has 0 aromatic heterocycles. The van der Waals surface area contributed by atoms with Crippen LogP contribution in [0.4, 0.5) is 0 Å². The third kappa shape index (κ3) is 4.60. The first-order valence-electron chi connectivity index (χ1n) is 7.64. The van der Waals surface area contributed by atoms with Crippen LogP contribution < -0.4 is 10.6 Å². The lowest BCUT2D eigenvalue weighted by Gasteiger charge is -2.25. The standard InChI is InChI=1S/C15H30N2O/c1-5-14(6-2)17-15(18)12(4)16-11(3)13-9-7-8-10-13/h11-14,16H,5-10H2,1-4H3,(H,17,18). The number of nitrogens with one attached hydrogen (secondary N) is 2. The van der Waals surface area contributed by atoms with Gasteiger partial charge in [-0.25, -0.2) is 0 Å². The molecule has 0 heterocycles. The van der Waals surface area contributed by atoms with Gasteiger partial charge in [0.2, 0.25) is 5.91 Å². The first-order chi connectivity index (χ1) is 8.58. The molecular formula is C15H30N2O. The lowest BCUT2D eigenvalue weighted by atomic mass is 9.99. The van der Waals surface area contributed by atoms with Gasteiger partial charge in [-0.1, -0.05) is 26.7 Å². The van der Waals surface area contributed by atoms with Gasteiger partial charge in [-0.2, -0.15) is 0 Å². The molecular weight excluding hydrogens is 224 g/mol. The molecule has 1 amide bonds. The summed E-state index contributed by atoms with van der Waals surface area (Å²) in [5.41, 5.74) is 0. The van der Waals surface area contributed by atoms with E-state index in [4.69, 9.17) is 0 Å². The zero-order valence-corrected chi connectivity index (χ0v) is 12.5. The number of carbonyl (C=O) groups excluding carboxylic acids is 1. The summed E-state index contributed by atoms with van der Waals surface area (Å²) in [7, 11) is 0. The molecule has 0 aromatic rings. The normalized spacial score (nSPS) is 20.1. The maximum absolute atomic E-state index is 12.0. The lowest BCUT2D eigenvalue weighted by molar-refractivity contribution is -0.123. The Morgan fingerprint density at radius 2 is 1.72 bits per heavy atom. The van der Waals surface area contributed by atoms with Crippen molar-refractivity contribution in [2.75, 3.05) is 0 Å². The molecule has 1 saturated carbocycles. The lowest BCUT2D eigenvalue weighted by Crippen LogP contribution is -2.49. The summed E-state index contributed by atoms with van der Waals surface area (Å²) < 4.78 is 0. The van der Waals surface area contributed by atoms with Crippen LogP contribution in [0, 0.1) is 5.92 Å². The van der Waals surface area contributed by atoms with Crippen LogP contribution in [0.3, 0.4) is 0 Å². The van der Waals surface area contributed by atoms with Crippen LogP contribution in [0.25, 0.3) is 0 Å². The predicted octanol–water partition coefficient (Wildman–Crippen LogP) is 2.85. The van der Waals surface area contributed by atoms with Gasteiger partial charge in [0.1, 0.15) is 0 Å². The van der Waals surface area contributed by atoms with Gasteiger partial charge in [-0.15, -0.1) is 0 Å². The van der Waals surface area contributed by atoms with Crippen molar-refractivity contribution in [1.29, 1.82) is 0 Å². The molecule has 1 fully saturated rings. The van der Waals surface area contributed by atoms with E-state index in [1.807, 2.05) is 6.92 Å². The highest BCUT2D eigenvalue weighted by Gasteiger charge is 2.24. The Kier molecular flexibility index (Phi) is 6.69. The fraction of sp³-hybridized carbons (Fsp3) is 0.933. The molecule has 3 nitrogen and oxygen atoms in total. The number of amides is 1. The number of hydrogen-bond acceptors (Lipinski definition) is 2. The molecule has 1 aliphatic carbocycles. The second-order valence-corrected chi connectivity index (χ2v) is 5.74. The third-order valence-corrected chi connectivity index (χ3v) is 4.35. The smallest absolute Gasteiger partial charge is 0.237 e. The van der Waals surface area contributed by atoms with E-state index in [-0.39, 0.29) is 11.9 Å². The molecule has 1 aliphatic rings. The van der Waals surface area contributed by atoms with Crippen LogP contribution in [0.5, 0.6) is 0 Å². The minimum absolute atomic E-state index is 0.0822. The van der Waals surface area contributed by atoms with E-state index in [0.717, 1.165) is 18.8 Å². The van der Waals surface area contributed by atoms with Gasteiger partial charge in [0, 0.05) is 12.1 Å².